The van der Waals surface area contributed by atoms with Gasteiger partial charge >= 0.3 is 5.97 Å². The number of nitrogens with zero attached hydrogens (tertiary/aromatic N) is 3. The lowest BCUT2D eigenvalue weighted by atomic mass is 10.3. The van der Waals surface area contributed by atoms with Crippen molar-refractivity contribution in [2.45, 2.75) is 38.1 Å². The van der Waals surface area contributed by atoms with Crippen LogP contribution in [-0.2, 0) is 22.4 Å². The highest BCUT2D eigenvalue weighted by atomic mass is 32.2. The molecule has 0 spiro atoms. The number of esters is 1. The highest BCUT2D eigenvalue weighted by molar-refractivity contribution is 8.00. The fourth-order valence-corrected chi connectivity index (χ4v) is 4.49. The van der Waals surface area contributed by atoms with E-state index in [1.54, 1.807) is 6.92 Å². The van der Waals surface area contributed by atoms with Gasteiger partial charge in [0.2, 0.25) is 5.91 Å². The first-order valence-corrected chi connectivity index (χ1v) is 9.63. The van der Waals surface area contributed by atoms with E-state index in [-0.39, 0.29) is 11.7 Å². The smallest absolute Gasteiger partial charge is 0.350 e. The minimum atomic E-state index is -0.447. The van der Waals surface area contributed by atoms with E-state index in [4.69, 9.17) is 4.74 Å². The maximum Gasteiger partial charge on any atom is 0.350 e. The van der Waals surface area contributed by atoms with Crippen LogP contribution < -0.4 is 5.32 Å². The SMILES string of the molecule is COC(=O)c1sc(NC(=O)CSc2nc(C)nc3c2CCC3)nc1C. The third kappa shape index (κ3) is 3.98. The van der Waals surface area contributed by atoms with E-state index in [9.17, 15) is 9.59 Å². The molecule has 132 valence electrons. The molecule has 0 aliphatic heterocycles. The Morgan fingerprint density at radius 3 is 2.80 bits per heavy atom. The Labute approximate surface area is 153 Å². The van der Waals surface area contributed by atoms with Crippen LogP contribution >= 0.6 is 23.1 Å². The van der Waals surface area contributed by atoms with Crippen molar-refractivity contribution in [1.82, 2.24) is 15.0 Å². The van der Waals surface area contributed by atoms with Gasteiger partial charge < -0.3 is 10.1 Å². The Morgan fingerprint density at radius 1 is 1.24 bits per heavy atom. The molecule has 0 bridgehead atoms. The molecule has 1 amide bonds. The predicted molar refractivity (Wildman–Crippen MR) is 96.3 cm³/mol. The molecular formula is C16H18N4O3S2. The maximum absolute atomic E-state index is 12.2. The number of ether oxygens (including phenoxy) is 1. The van der Waals surface area contributed by atoms with Gasteiger partial charge in [-0.15, -0.1) is 0 Å². The van der Waals surface area contributed by atoms with E-state index in [1.807, 2.05) is 6.92 Å². The average Bonchev–Trinajstić information content (AvgIpc) is 3.18. The first-order valence-electron chi connectivity index (χ1n) is 7.82. The number of nitrogens with one attached hydrogen (secondary N) is 1. The van der Waals surface area contributed by atoms with Gasteiger partial charge in [-0.1, -0.05) is 23.1 Å². The minimum Gasteiger partial charge on any atom is -0.465 e. The number of amides is 1. The predicted octanol–water partition coefficient (Wildman–Crippen LogP) is 2.56. The molecule has 3 rings (SSSR count). The second-order valence-electron chi connectivity index (χ2n) is 5.62. The van der Waals surface area contributed by atoms with E-state index in [1.165, 1.54) is 24.4 Å². The molecule has 0 saturated heterocycles. The molecule has 0 atom stereocenters. The van der Waals surface area contributed by atoms with Crippen LogP contribution in [0.1, 0.15) is 38.9 Å². The van der Waals surface area contributed by atoms with Gasteiger partial charge in [-0.2, -0.15) is 0 Å². The van der Waals surface area contributed by atoms with Crippen molar-refractivity contribution in [1.29, 1.82) is 0 Å². The highest BCUT2D eigenvalue weighted by Crippen LogP contribution is 2.30. The van der Waals surface area contributed by atoms with Crippen molar-refractivity contribution in [2.24, 2.45) is 0 Å². The number of thiazole rings is 1. The number of rotatable bonds is 5. The number of thioether (sulfide) groups is 1. The zero-order valence-electron chi connectivity index (χ0n) is 14.2. The van der Waals surface area contributed by atoms with Crippen LogP contribution in [0.2, 0.25) is 0 Å². The number of hydrogen-bond donors (Lipinski definition) is 1. The molecule has 1 aliphatic carbocycles. The van der Waals surface area contributed by atoms with Gasteiger partial charge in [-0.05, 0) is 33.1 Å². The van der Waals surface area contributed by atoms with E-state index in [0.29, 0.717) is 15.7 Å². The summed E-state index contributed by atoms with van der Waals surface area (Å²) in [6.07, 6.45) is 3.03. The summed E-state index contributed by atoms with van der Waals surface area (Å²) in [5, 5.41) is 4.02. The number of aryl methyl sites for hydroxylation is 3. The number of carbonyl (C=O) groups excluding carboxylic acids is 2. The topological polar surface area (TPSA) is 94.1 Å². The molecule has 7 nitrogen and oxygen atoms in total. The lowest BCUT2D eigenvalue weighted by Crippen LogP contribution is -2.14. The molecule has 9 heteroatoms. The van der Waals surface area contributed by atoms with Gasteiger partial charge in [0.25, 0.3) is 0 Å². The second-order valence-corrected chi connectivity index (χ2v) is 7.58. The van der Waals surface area contributed by atoms with E-state index < -0.39 is 5.97 Å². The molecule has 1 aliphatic rings. The molecule has 2 aromatic heterocycles. The van der Waals surface area contributed by atoms with Gasteiger partial charge in [0, 0.05) is 11.3 Å². The minimum absolute atomic E-state index is 0.182. The van der Waals surface area contributed by atoms with E-state index in [2.05, 4.69) is 20.3 Å². The normalized spacial score (nSPS) is 12.8. The molecule has 0 radical (unpaired) electrons. The van der Waals surface area contributed by atoms with Crippen LogP contribution in [0.4, 0.5) is 5.13 Å². The maximum atomic E-state index is 12.2. The summed E-state index contributed by atoms with van der Waals surface area (Å²) in [6, 6.07) is 0. The number of anilines is 1. The number of hydrogen-bond acceptors (Lipinski definition) is 8. The third-order valence-electron chi connectivity index (χ3n) is 3.76. The zero-order chi connectivity index (χ0) is 18.0. The Morgan fingerprint density at radius 2 is 2.04 bits per heavy atom. The summed E-state index contributed by atoms with van der Waals surface area (Å²) in [5.41, 5.74) is 2.82. The van der Waals surface area contributed by atoms with Crippen LogP contribution in [0, 0.1) is 13.8 Å². The van der Waals surface area contributed by atoms with Gasteiger partial charge in [-0.25, -0.2) is 19.7 Å². The first kappa shape index (κ1) is 17.8. The van der Waals surface area contributed by atoms with Crippen molar-refractivity contribution in [3.63, 3.8) is 0 Å². The Bertz CT molecular complexity index is 835. The quantitative estimate of drug-likeness (QED) is 0.485. The van der Waals surface area contributed by atoms with Crippen LogP contribution in [0.3, 0.4) is 0 Å². The van der Waals surface area contributed by atoms with Gasteiger partial charge in [0.15, 0.2) is 5.13 Å². The van der Waals surface area contributed by atoms with Crippen molar-refractivity contribution >= 4 is 40.1 Å². The fourth-order valence-electron chi connectivity index (χ4n) is 2.66. The lowest BCUT2D eigenvalue weighted by Gasteiger charge is -2.07. The summed E-state index contributed by atoms with van der Waals surface area (Å²) in [4.78, 5) is 37.3. The van der Waals surface area contributed by atoms with Crippen molar-refractivity contribution in [2.75, 3.05) is 18.2 Å². The summed E-state index contributed by atoms with van der Waals surface area (Å²) in [7, 11) is 1.32. The molecule has 2 heterocycles. The monoisotopic (exact) mass is 378 g/mol. The number of methoxy groups -OCH3 is 1. The van der Waals surface area contributed by atoms with Crippen LogP contribution in [0.25, 0.3) is 0 Å². The Kier molecular flexibility index (Phi) is 5.33. The van der Waals surface area contributed by atoms with Crippen molar-refractivity contribution < 1.29 is 14.3 Å². The van der Waals surface area contributed by atoms with Gasteiger partial charge in [0.1, 0.15) is 15.7 Å². The number of aromatic nitrogens is 3. The van der Waals surface area contributed by atoms with Crippen molar-refractivity contribution in [3.05, 3.63) is 27.7 Å². The van der Waals surface area contributed by atoms with E-state index in [0.717, 1.165) is 47.1 Å². The van der Waals surface area contributed by atoms with Crippen LogP contribution in [0.5, 0.6) is 0 Å². The number of carbonyl (C=O) groups is 2. The standard InChI is InChI=1S/C16H18N4O3S2/c1-8-13(15(22)23-3)25-16(17-8)20-12(21)7-24-14-10-5-4-6-11(10)18-9(2)19-14/h4-7H2,1-3H3,(H,17,20,21). The zero-order valence-corrected chi connectivity index (χ0v) is 15.8. The second kappa shape index (κ2) is 7.49. The average molecular weight is 378 g/mol. The van der Waals surface area contributed by atoms with E-state index >= 15 is 0 Å². The molecule has 0 aromatic carbocycles. The summed E-state index contributed by atoms with van der Waals surface area (Å²) in [5.74, 6) is 0.339. The Hall–Kier alpha value is -2.00. The molecule has 2 aromatic rings. The summed E-state index contributed by atoms with van der Waals surface area (Å²) < 4.78 is 4.70. The number of fused-ring (bicyclic) bond motifs is 1. The molecular weight excluding hydrogens is 360 g/mol. The lowest BCUT2D eigenvalue weighted by molar-refractivity contribution is -0.113. The Balaban J connectivity index is 1.64. The molecule has 0 saturated carbocycles. The highest BCUT2D eigenvalue weighted by Gasteiger charge is 2.20. The summed E-state index contributed by atoms with van der Waals surface area (Å²) in [6.45, 7) is 3.58. The summed E-state index contributed by atoms with van der Waals surface area (Å²) >= 11 is 2.52. The molecule has 0 fully saturated rings. The van der Waals surface area contributed by atoms with Crippen molar-refractivity contribution in [3.8, 4) is 0 Å². The first-order chi connectivity index (χ1) is 12.0. The van der Waals surface area contributed by atoms with Crippen LogP contribution in [0.15, 0.2) is 5.03 Å². The third-order valence-corrected chi connectivity index (χ3v) is 5.83. The van der Waals surface area contributed by atoms with Gasteiger partial charge in [-0.3, -0.25) is 4.79 Å². The molecule has 25 heavy (non-hydrogen) atoms. The van der Waals surface area contributed by atoms with Gasteiger partial charge in [0.05, 0.1) is 18.6 Å². The van der Waals surface area contributed by atoms with Crippen LogP contribution in [-0.4, -0.2) is 39.7 Å². The molecule has 0 unspecified atom stereocenters. The largest absolute Gasteiger partial charge is 0.465 e. The molecule has 1 N–H and O–H groups in total. The fraction of sp³-hybridized carbons (Fsp3) is 0.438.